The van der Waals surface area contributed by atoms with Gasteiger partial charge in [0.15, 0.2) is 0 Å². The molecule has 1 aliphatic heterocycles. The predicted molar refractivity (Wildman–Crippen MR) is 70.0 cm³/mol. The molecule has 5 heteroatoms. The lowest BCUT2D eigenvalue weighted by molar-refractivity contribution is 0.133. The third kappa shape index (κ3) is 3.03. The minimum absolute atomic E-state index is 0.0105. The second kappa shape index (κ2) is 5.55. The predicted octanol–water partition coefficient (Wildman–Crippen LogP) is 3.76. The minimum Gasteiger partial charge on any atom is -0.319 e. The highest BCUT2D eigenvalue weighted by Crippen LogP contribution is 2.24. The van der Waals surface area contributed by atoms with E-state index >= 15 is 0 Å². The molecule has 2 rings (SSSR count). The number of piperidine rings is 1. The molecule has 1 heterocycles. The summed E-state index contributed by atoms with van der Waals surface area (Å²) in [7, 11) is 0. The maximum Gasteiger partial charge on any atom is 0.322 e. The lowest BCUT2D eigenvalue weighted by Gasteiger charge is -2.38. The summed E-state index contributed by atoms with van der Waals surface area (Å²) >= 11 is 0. The third-order valence-corrected chi connectivity index (χ3v) is 3.60. The van der Waals surface area contributed by atoms with Crippen LogP contribution in [0, 0.1) is 11.6 Å². The topological polar surface area (TPSA) is 32.3 Å². The van der Waals surface area contributed by atoms with Crippen LogP contribution in [0.15, 0.2) is 18.2 Å². The molecular formula is C14H18F2N2O. The van der Waals surface area contributed by atoms with E-state index in [0.29, 0.717) is 0 Å². The number of hydrogen-bond acceptors (Lipinski definition) is 1. The van der Waals surface area contributed by atoms with Gasteiger partial charge in [-0.05, 0) is 45.2 Å². The summed E-state index contributed by atoms with van der Waals surface area (Å²) < 4.78 is 26.3. The average Bonchev–Trinajstić information content (AvgIpc) is 2.32. The van der Waals surface area contributed by atoms with E-state index in [9.17, 15) is 13.6 Å². The first kappa shape index (κ1) is 13.8. The highest BCUT2D eigenvalue weighted by atomic mass is 19.1. The fourth-order valence-corrected chi connectivity index (χ4v) is 2.59. The molecule has 0 saturated carbocycles. The highest BCUT2D eigenvalue weighted by Gasteiger charge is 2.29. The molecule has 1 aromatic rings. The Kier molecular flexibility index (Phi) is 4.02. The molecule has 1 aliphatic rings. The maximum absolute atomic E-state index is 13.5. The number of amides is 2. The van der Waals surface area contributed by atoms with Crippen LogP contribution in [0.5, 0.6) is 0 Å². The summed E-state index contributed by atoms with van der Waals surface area (Å²) in [5.74, 6) is -1.42. The van der Waals surface area contributed by atoms with Crippen molar-refractivity contribution in [1.29, 1.82) is 0 Å². The zero-order valence-electron chi connectivity index (χ0n) is 11.1. The lowest BCUT2D eigenvalue weighted by atomic mass is 9.98. The number of carbonyl (C=O) groups is 1. The zero-order chi connectivity index (χ0) is 14.0. The van der Waals surface area contributed by atoms with Gasteiger partial charge in [-0.3, -0.25) is 0 Å². The first-order chi connectivity index (χ1) is 8.99. The van der Waals surface area contributed by atoms with E-state index in [-0.39, 0.29) is 23.8 Å². The summed E-state index contributed by atoms with van der Waals surface area (Å²) in [5, 5.41) is 2.51. The van der Waals surface area contributed by atoms with Crippen molar-refractivity contribution in [3.8, 4) is 0 Å². The average molecular weight is 268 g/mol. The summed E-state index contributed by atoms with van der Waals surface area (Å²) in [6.07, 6.45) is 2.99. The molecule has 0 unspecified atom stereocenters. The zero-order valence-corrected chi connectivity index (χ0v) is 11.1. The van der Waals surface area contributed by atoms with Gasteiger partial charge in [0.1, 0.15) is 11.6 Å². The lowest BCUT2D eigenvalue weighted by Crippen LogP contribution is -2.49. The van der Waals surface area contributed by atoms with Crippen molar-refractivity contribution in [3.05, 3.63) is 29.8 Å². The monoisotopic (exact) mass is 268 g/mol. The van der Waals surface area contributed by atoms with Gasteiger partial charge in [-0.1, -0.05) is 0 Å². The van der Waals surface area contributed by atoms with Gasteiger partial charge >= 0.3 is 6.03 Å². The molecule has 0 radical (unpaired) electrons. The Bertz CT molecular complexity index is 469. The first-order valence-electron chi connectivity index (χ1n) is 6.53. The number of likely N-dealkylation sites (tertiary alicyclic amines) is 1. The van der Waals surface area contributed by atoms with Crippen molar-refractivity contribution in [2.75, 3.05) is 5.32 Å². The molecule has 2 atom stereocenters. The molecule has 1 saturated heterocycles. The van der Waals surface area contributed by atoms with E-state index in [0.717, 1.165) is 31.4 Å². The van der Waals surface area contributed by atoms with E-state index in [1.165, 1.54) is 6.07 Å². The van der Waals surface area contributed by atoms with Gasteiger partial charge in [0.05, 0.1) is 5.69 Å². The van der Waals surface area contributed by atoms with Gasteiger partial charge in [-0.2, -0.15) is 0 Å². The number of nitrogens with one attached hydrogen (secondary N) is 1. The SMILES string of the molecule is C[C@@H]1CCC[C@@H](C)N1C(=O)Nc1ccc(F)cc1F. The van der Waals surface area contributed by atoms with E-state index in [4.69, 9.17) is 0 Å². The van der Waals surface area contributed by atoms with E-state index < -0.39 is 11.6 Å². The molecule has 2 amide bonds. The second-order valence-electron chi connectivity index (χ2n) is 5.09. The Labute approximate surface area is 111 Å². The molecule has 0 aliphatic carbocycles. The van der Waals surface area contributed by atoms with E-state index in [1.807, 2.05) is 13.8 Å². The van der Waals surface area contributed by atoms with Crippen LogP contribution in [0.4, 0.5) is 19.3 Å². The molecule has 19 heavy (non-hydrogen) atoms. The van der Waals surface area contributed by atoms with Crippen molar-refractivity contribution in [2.24, 2.45) is 0 Å². The normalized spacial score (nSPS) is 23.3. The van der Waals surface area contributed by atoms with Crippen LogP contribution in [0.2, 0.25) is 0 Å². The van der Waals surface area contributed by atoms with Crippen LogP contribution < -0.4 is 5.32 Å². The molecule has 1 fully saturated rings. The molecule has 0 aromatic heterocycles. The van der Waals surface area contributed by atoms with E-state index in [1.54, 1.807) is 4.90 Å². The molecule has 1 aromatic carbocycles. The van der Waals surface area contributed by atoms with Gasteiger partial charge in [0.25, 0.3) is 0 Å². The standard InChI is InChI=1S/C14H18F2N2O/c1-9-4-3-5-10(2)18(9)14(19)17-13-7-6-11(15)8-12(13)16/h6-10H,3-5H2,1-2H3,(H,17,19)/t9-,10-/m1/s1. The van der Waals surface area contributed by atoms with Crippen LogP contribution in [-0.4, -0.2) is 23.0 Å². The Morgan fingerprint density at radius 3 is 2.47 bits per heavy atom. The molecule has 104 valence electrons. The fourth-order valence-electron chi connectivity index (χ4n) is 2.59. The summed E-state index contributed by atoms with van der Waals surface area (Å²) in [5.41, 5.74) is 0.0105. The van der Waals surface area contributed by atoms with Crippen molar-refractivity contribution < 1.29 is 13.6 Å². The van der Waals surface area contributed by atoms with Crippen molar-refractivity contribution in [1.82, 2.24) is 4.90 Å². The number of carbonyl (C=O) groups excluding carboxylic acids is 1. The summed E-state index contributed by atoms with van der Waals surface area (Å²) in [6.45, 7) is 3.96. The van der Waals surface area contributed by atoms with Crippen molar-refractivity contribution in [3.63, 3.8) is 0 Å². The van der Waals surface area contributed by atoms with Crippen molar-refractivity contribution >= 4 is 11.7 Å². The first-order valence-corrected chi connectivity index (χ1v) is 6.53. The number of anilines is 1. The molecular weight excluding hydrogens is 250 g/mol. The van der Waals surface area contributed by atoms with Crippen molar-refractivity contribution in [2.45, 2.75) is 45.2 Å². The van der Waals surface area contributed by atoms with Gasteiger partial charge < -0.3 is 10.2 Å². The largest absolute Gasteiger partial charge is 0.322 e. The quantitative estimate of drug-likeness (QED) is 0.826. The van der Waals surface area contributed by atoms with Gasteiger partial charge in [0, 0.05) is 18.2 Å². The number of urea groups is 1. The Hall–Kier alpha value is -1.65. The van der Waals surface area contributed by atoms with Crippen LogP contribution >= 0.6 is 0 Å². The van der Waals surface area contributed by atoms with Crippen LogP contribution in [0.3, 0.4) is 0 Å². The number of nitrogens with zero attached hydrogens (tertiary/aromatic N) is 1. The minimum atomic E-state index is -0.759. The second-order valence-corrected chi connectivity index (χ2v) is 5.09. The van der Waals surface area contributed by atoms with Gasteiger partial charge in [-0.15, -0.1) is 0 Å². The Morgan fingerprint density at radius 1 is 1.26 bits per heavy atom. The molecule has 1 N–H and O–H groups in total. The Balaban J connectivity index is 2.11. The molecule has 0 bridgehead atoms. The molecule has 3 nitrogen and oxygen atoms in total. The van der Waals surface area contributed by atoms with Crippen LogP contribution in [-0.2, 0) is 0 Å². The number of rotatable bonds is 1. The van der Waals surface area contributed by atoms with Gasteiger partial charge in [0.2, 0.25) is 0 Å². The van der Waals surface area contributed by atoms with Crippen LogP contribution in [0.1, 0.15) is 33.1 Å². The van der Waals surface area contributed by atoms with Crippen LogP contribution in [0.25, 0.3) is 0 Å². The number of hydrogen-bond donors (Lipinski definition) is 1. The van der Waals surface area contributed by atoms with Gasteiger partial charge in [-0.25, -0.2) is 13.6 Å². The number of benzene rings is 1. The molecule has 0 spiro atoms. The smallest absolute Gasteiger partial charge is 0.319 e. The number of halogens is 2. The van der Waals surface area contributed by atoms with E-state index in [2.05, 4.69) is 5.32 Å². The highest BCUT2D eigenvalue weighted by molar-refractivity contribution is 5.89. The summed E-state index contributed by atoms with van der Waals surface area (Å²) in [6, 6.07) is 3.06. The third-order valence-electron chi connectivity index (χ3n) is 3.60. The summed E-state index contributed by atoms with van der Waals surface area (Å²) in [4.78, 5) is 13.9. The Morgan fingerprint density at radius 2 is 1.89 bits per heavy atom. The fraction of sp³-hybridized carbons (Fsp3) is 0.500. The maximum atomic E-state index is 13.5.